The molecule has 0 saturated carbocycles. The molecule has 2 nitrogen and oxygen atoms in total. The summed E-state index contributed by atoms with van der Waals surface area (Å²) in [6.45, 7) is 0. The van der Waals surface area contributed by atoms with Gasteiger partial charge in [0.05, 0.1) is 18.1 Å². The normalized spacial score (nSPS) is 33.8. The van der Waals surface area contributed by atoms with E-state index in [-0.39, 0.29) is 12.0 Å². The second-order valence-electron chi connectivity index (χ2n) is 2.27. The van der Waals surface area contributed by atoms with E-state index in [1.807, 2.05) is 0 Å². The Kier molecular flexibility index (Phi) is 1.86. The zero-order valence-corrected chi connectivity index (χ0v) is 5.12. The molecular weight excluding hydrogens is 114 g/mol. The quantitative estimate of drug-likeness (QED) is 0.485. The number of rotatable bonds is 0. The van der Waals surface area contributed by atoms with Crippen LogP contribution in [-0.4, -0.2) is 11.2 Å². The first-order valence-corrected chi connectivity index (χ1v) is 3.09. The van der Waals surface area contributed by atoms with Crippen LogP contribution in [-0.2, 0) is 0 Å². The molecule has 48 valence electrons. The molecule has 0 heterocycles. The van der Waals surface area contributed by atoms with E-state index in [0.29, 0.717) is 0 Å². The minimum absolute atomic E-state index is 0.0356. The number of aliphatic hydroxyl groups is 1. The van der Waals surface area contributed by atoms with Crippen LogP contribution in [0, 0.1) is 17.2 Å². The predicted octanol–water partition coefficient (Wildman–Crippen LogP) is 0.837. The molecule has 1 rings (SSSR count). The summed E-state index contributed by atoms with van der Waals surface area (Å²) in [7, 11) is 0. The highest BCUT2D eigenvalue weighted by Crippen LogP contribution is 2.15. The molecule has 9 heavy (non-hydrogen) atoms. The Morgan fingerprint density at radius 3 is 2.67 bits per heavy atom. The van der Waals surface area contributed by atoms with Crippen molar-refractivity contribution in [1.29, 1.82) is 5.26 Å². The van der Waals surface area contributed by atoms with Gasteiger partial charge in [0, 0.05) is 0 Å². The SMILES string of the molecule is N#CC1C=CC(O)CC1. The summed E-state index contributed by atoms with van der Waals surface area (Å²) in [5, 5.41) is 17.3. The van der Waals surface area contributed by atoms with Gasteiger partial charge in [-0.05, 0) is 12.8 Å². The maximum atomic E-state index is 8.93. The number of hydrogen-bond donors (Lipinski definition) is 1. The fourth-order valence-corrected chi connectivity index (χ4v) is 0.913. The molecule has 2 heteroatoms. The minimum atomic E-state index is -0.311. The average Bonchev–Trinajstić information content (AvgIpc) is 1.90. The Labute approximate surface area is 54.4 Å². The second-order valence-corrected chi connectivity index (χ2v) is 2.27. The van der Waals surface area contributed by atoms with Gasteiger partial charge in [0.2, 0.25) is 0 Å². The van der Waals surface area contributed by atoms with Crippen LogP contribution in [0.25, 0.3) is 0 Å². The first-order valence-electron chi connectivity index (χ1n) is 3.09. The highest BCUT2D eigenvalue weighted by Gasteiger charge is 2.11. The van der Waals surface area contributed by atoms with Crippen LogP contribution in [0.3, 0.4) is 0 Å². The van der Waals surface area contributed by atoms with Crippen LogP contribution in [0.2, 0.25) is 0 Å². The third-order valence-corrected chi connectivity index (χ3v) is 1.50. The van der Waals surface area contributed by atoms with Crippen LogP contribution in [0.1, 0.15) is 12.8 Å². The molecule has 2 unspecified atom stereocenters. The lowest BCUT2D eigenvalue weighted by Crippen LogP contribution is -2.10. The van der Waals surface area contributed by atoms with Gasteiger partial charge in [-0.1, -0.05) is 12.2 Å². The predicted molar refractivity (Wildman–Crippen MR) is 33.5 cm³/mol. The summed E-state index contributed by atoms with van der Waals surface area (Å²) in [5.41, 5.74) is 0. The molecule has 0 radical (unpaired) electrons. The molecule has 0 aliphatic heterocycles. The standard InChI is InChI=1S/C7H9NO/c8-5-6-1-3-7(9)4-2-6/h1,3,6-7,9H,2,4H2. The second kappa shape index (κ2) is 2.65. The molecule has 0 bridgehead atoms. The minimum Gasteiger partial charge on any atom is -0.389 e. The third-order valence-electron chi connectivity index (χ3n) is 1.50. The smallest absolute Gasteiger partial charge is 0.0721 e. The molecular formula is C7H9NO. The van der Waals surface area contributed by atoms with E-state index in [1.165, 1.54) is 0 Å². The number of allylic oxidation sites excluding steroid dienone is 1. The van der Waals surface area contributed by atoms with Crippen LogP contribution in [0.15, 0.2) is 12.2 Å². The van der Waals surface area contributed by atoms with Gasteiger partial charge >= 0.3 is 0 Å². The Balaban J connectivity index is 2.50. The molecule has 0 aromatic heterocycles. The number of nitrogens with zero attached hydrogens (tertiary/aromatic N) is 1. The first kappa shape index (κ1) is 6.31. The van der Waals surface area contributed by atoms with E-state index in [9.17, 15) is 0 Å². The summed E-state index contributed by atoms with van der Waals surface area (Å²) in [6.07, 6.45) is 4.68. The lowest BCUT2D eigenvalue weighted by Gasteiger charge is -2.12. The number of nitriles is 1. The van der Waals surface area contributed by atoms with Gasteiger partial charge in [0.1, 0.15) is 0 Å². The lowest BCUT2D eigenvalue weighted by molar-refractivity contribution is 0.199. The van der Waals surface area contributed by atoms with Crippen LogP contribution < -0.4 is 0 Å². The highest BCUT2D eigenvalue weighted by atomic mass is 16.3. The van der Waals surface area contributed by atoms with Crippen molar-refractivity contribution in [2.75, 3.05) is 0 Å². The van der Waals surface area contributed by atoms with Crippen molar-refractivity contribution >= 4 is 0 Å². The molecule has 0 amide bonds. The summed E-state index contributed by atoms with van der Waals surface area (Å²) >= 11 is 0. The fourth-order valence-electron chi connectivity index (χ4n) is 0.913. The Bertz CT molecular complexity index is 157. The number of hydrogen-bond acceptors (Lipinski definition) is 2. The molecule has 0 aromatic rings. The monoisotopic (exact) mass is 123 g/mol. The molecule has 0 saturated heterocycles. The van der Waals surface area contributed by atoms with Crippen molar-refractivity contribution < 1.29 is 5.11 Å². The van der Waals surface area contributed by atoms with Crippen molar-refractivity contribution in [2.24, 2.45) is 5.92 Å². The third kappa shape index (κ3) is 1.55. The van der Waals surface area contributed by atoms with Crippen LogP contribution in [0.4, 0.5) is 0 Å². The molecule has 1 aliphatic carbocycles. The van der Waals surface area contributed by atoms with Gasteiger partial charge in [-0.15, -0.1) is 0 Å². The van der Waals surface area contributed by atoms with E-state index in [1.54, 1.807) is 12.2 Å². The Morgan fingerprint density at radius 2 is 2.22 bits per heavy atom. The highest BCUT2D eigenvalue weighted by molar-refractivity contribution is 5.06. The largest absolute Gasteiger partial charge is 0.389 e. The van der Waals surface area contributed by atoms with Gasteiger partial charge in [-0.3, -0.25) is 0 Å². The van der Waals surface area contributed by atoms with E-state index >= 15 is 0 Å². The van der Waals surface area contributed by atoms with E-state index in [0.717, 1.165) is 12.8 Å². The molecule has 0 fully saturated rings. The maximum Gasteiger partial charge on any atom is 0.0721 e. The maximum absolute atomic E-state index is 8.93. The van der Waals surface area contributed by atoms with Gasteiger partial charge in [-0.25, -0.2) is 0 Å². The molecule has 0 aromatic carbocycles. The Morgan fingerprint density at radius 1 is 1.44 bits per heavy atom. The van der Waals surface area contributed by atoms with Crippen molar-refractivity contribution in [3.05, 3.63) is 12.2 Å². The summed E-state index contributed by atoms with van der Waals surface area (Å²) in [6, 6.07) is 2.13. The summed E-state index contributed by atoms with van der Waals surface area (Å²) in [4.78, 5) is 0. The zero-order chi connectivity index (χ0) is 6.69. The fraction of sp³-hybridized carbons (Fsp3) is 0.571. The lowest BCUT2D eigenvalue weighted by atomic mass is 9.96. The van der Waals surface area contributed by atoms with Gasteiger partial charge < -0.3 is 5.11 Å². The van der Waals surface area contributed by atoms with Crippen LogP contribution >= 0.6 is 0 Å². The van der Waals surface area contributed by atoms with Crippen molar-refractivity contribution in [3.8, 4) is 6.07 Å². The van der Waals surface area contributed by atoms with E-state index in [4.69, 9.17) is 10.4 Å². The van der Waals surface area contributed by atoms with Gasteiger partial charge in [-0.2, -0.15) is 5.26 Å². The molecule has 1 N–H and O–H groups in total. The van der Waals surface area contributed by atoms with Crippen molar-refractivity contribution in [2.45, 2.75) is 18.9 Å². The zero-order valence-electron chi connectivity index (χ0n) is 5.12. The first-order chi connectivity index (χ1) is 4.33. The topological polar surface area (TPSA) is 44.0 Å². The molecule has 1 aliphatic rings. The van der Waals surface area contributed by atoms with Gasteiger partial charge in [0.25, 0.3) is 0 Å². The molecule has 0 spiro atoms. The van der Waals surface area contributed by atoms with E-state index in [2.05, 4.69) is 6.07 Å². The van der Waals surface area contributed by atoms with Crippen molar-refractivity contribution in [1.82, 2.24) is 0 Å². The molecule has 2 atom stereocenters. The Hall–Kier alpha value is -0.810. The summed E-state index contributed by atoms with van der Waals surface area (Å²) < 4.78 is 0. The van der Waals surface area contributed by atoms with E-state index < -0.39 is 0 Å². The number of aliphatic hydroxyl groups excluding tert-OH is 1. The van der Waals surface area contributed by atoms with Crippen LogP contribution in [0.5, 0.6) is 0 Å². The van der Waals surface area contributed by atoms with Crippen molar-refractivity contribution in [3.63, 3.8) is 0 Å². The van der Waals surface area contributed by atoms with Gasteiger partial charge in [0.15, 0.2) is 0 Å². The summed E-state index contributed by atoms with van der Waals surface area (Å²) in [5.74, 6) is 0.0356. The average molecular weight is 123 g/mol.